The zero-order valence-electron chi connectivity index (χ0n) is 18.4. The molecule has 2 fully saturated rings. The highest BCUT2D eigenvalue weighted by atomic mass is 19.3. The van der Waals surface area contributed by atoms with Crippen LogP contribution >= 0.6 is 0 Å². The summed E-state index contributed by atoms with van der Waals surface area (Å²) in [5.74, 6) is 2.04. The van der Waals surface area contributed by atoms with E-state index in [-0.39, 0.29) is 18.9 Å². The Morgan fingerprint density at radius 3 is 2.00 bits per heavy atom. The number of alkyl halides is 2. The molecule has 3 heteroatoms. The molecule has 0 aromatic carbocycles. The van der Waals surface area contributed by atoms with Crippen molar-refractivity contribution in [2.24, 2.45) is 23.7 Å². The van der Waals surface area contributed by atoms with Gasteiger partial charge in [-0.3, -0.25) is 0 Å². The maximum absolute atomic E-state index is 14.4. The van der Waals surface area contributed by atoms with Crippen molar-refractivity contribution in [3.05, 3.63) is 12.2 Å². The van der Waals surface area contributed by atoms with Crippen LogP contribution in [0.25, 0.3) is 0 Å². The summed E-state index contributed by atoms with van der Waals surface area (Å²) in [5.41, 5.74) is 0. The summed E-state index contributed by atoms with van der Waals surface area (Å²) in [5, 5.41) is 0. The van der Waals surface area contributed by atoms with E-state index >= 15 is 0 Å². The van der Waals surface area contributed by atoms with Crippen molar-refractivity contribution < 1.29 is 13.5 Å². The summed E-state index contributed by atoms with van der Waals surface area (Å²) in [6.07, 6.45) is 17.6. The van der Waals surface area contributed by atoms with E-state index in [9.17, 15) is 8.78 Å². The highest BCUT2D eigenvalue weighted by molar-refractivity contribution is 4.81. The molecule has 0 amide bonds. The third-order valence-corrected chi connectivity index (χ3v) is 7.18. The number of allylic oxidation sites excluding steroid dienone is 2. The molecule has 0 unspecified atom stereocenters. The van der Waals surface area contributed by atoms with Crippen LogP contribution < -0.4 is 0 Å². The zero-order valence-corrected chi connectivity index (χ0v) is 18.4. The lowest BCUT2D eigenvalue weighted by atomic mass is 9.78. The first kappa shape index (κ1) is 23.8. The topological polar surface area (TPSA) is 9.23 Å². The Morgan fingerprint density at radius 1 is 0.821 bits per heavy atom. The fourth-order valence-corrected chi connectivity index (χ4v) is 5.23. The predicted octanol–water partition coefficient (Wildman–Crippen LogP) is 8.54. The molecule has 1 nitrogen and oxygen atoms in total. The molecule has 0 radical (unpaired) electrons. The maximum atomic E-state index is 14.4. The van der Waals surface area contributed by atoms with Crippen molar-refractivity contribution in [2.45, 2.75) is 116 Å². The molecule has 0 atom stereocenters. The molecule has 2 saturated carbocycles. The van der Waals surface area contributed by atoms with Gasteiger partial charge in [0.1, 0.15) is 0 Å². The molecule has 164 valence electrons. The lowest BCUT2D eigenvalue weighted by Crippen LogP contribution is -2.30. The summed E-state index contributed by atoms with van der Waals surface area (Å²) in [7, 11) is 0. The van der Waals surface area contributed by atoms with Gasteiger partial charge in [-0.05, 0) is 69.1 Å². The number of halogens is 2. The van der Waals surface area contributed by atoms with Gasteiger partial charge in [-0.1, -0.05) is 70.4 Å². The van der Waals surface area contributed by atoms with Crippen molar-refractivity contribution in [1.82, 2.24) is 0 Å². The third kappa shape index (κ3) is 9.37. The zero-order chi connectivity index (χ0) is 20.2. The highest BCUT2D eigenvalue weighted by Gasteiger charge is 2.36. The molecule has 0 aliphatic heterocycles. The maximum Gasteiger partial charge on any atom is 0.356 e. The minimum absolute atomic E-state index is 0.0685. The molecule has 0 N–H and O–H groups in total. The Hall–Kier alpha value is -0.440. The smallest absolute Gasteiger partial charge is 0.320 e. The largest absolute Gasteiger partial charge is 0.356 e. The van der Waals surface area contributed by atoms with Crippen molar-refractivity contribution in [1.29, 1.82) is 0 Å². The first-order valence-electron chi connectivity index (χ1n) is 12.1. The van der Waals surface area contributed by atoms with Crippen LogP contribution in [0.1, 0.15) is 110 Å². The van der Waals surface area contributed by atoms with Gasteiger partial charge in [0.05, 0.1) is 6.61 Å². The van der Waals surface area contributed by atoms with Gasteiger partial charge < -0.3 is 4.74 Å². The minimum atomic E-state index is -2.93. The number of ether oxygens (including phenoxy) is 1. The van der Waals surface area contributed by atoms with Crippen LogP contribution in [0.2, 0.25) is 0 Å². The van der Waals surface area contributed by atoms with Gasteiger partial charge in [0, 0.05) is 6.42 Å². The molecule has 2 aliphatic rings. The Kier molecular flexibility index (Phi) is 11.1. The highest BCUT2D eigenvalue weighted by Crippen LogP contribution is 2.39. The van der Waals surface area contributed by atoms with Crippen LogP contribution in [0.5, 0.6) is 0 Å². The van der Waals surface area contributed by atoms with Gasteiger partial charge >= 0.3 is 6.11 Å². The summed E-state index contributed by atoms with van der Waals surface area (Å²) in [6.45, 7) is 4.55. The summed E-state index contributed by atoms with van der Waals surface area (Å²) in [4.78, 5) is 0. The van der Waals surface area contributed by atoms with Crippen LogP contribution in [-0.4, -0.2) is 12.7 Å². The minimum Gasteiger partial charge on any atom is -0.320 e. The van der Waals surface area contributed by atoms with Crippen molar-refractivity contribution in [3.8, 4) is 0 Å². The Balaban J connectivity index is 1.58. The lowest BCUT2D eigenvalue weighted by molar-refractivity contribution is -0.256. The van der Waals surface area contributed by atoms with Crippen LogP contribution in [0, 0.1) is 23.7 Å². The molecular weight excluding hydrogens is 354 g/mol. The predicted molar refractivity (Wildman–Crippen MR) is 115 cm³/mol. The van der Waals surface area contributed by atoms with E-state index in [0.717, 1.165) is 56.8 Å². The van der Waals surface area contributed by atoms with Crippen LogP contribution in [0.3, 0.4) is 0 Å². The average molecular weight is 399 g/mol. The molecule has 2 rings (SSSR count). The number of rotatable bonds is 12. The van der Waals surface area contributed by atoms with E-state index in [0.29, 0.717) is 5.92 Å². The van der Waals surface area contributed by atoms with E-state index < -0.39 is 6.11 Å². The summed E-state index contributed by atoms with van der Waals surface area (Å²) < 4.78 is 33.9. The van der Waals surface area contributed by atoms with Crippen molar-refractivity contribution >= 4 is 0 Å². The second kappa shape index (κ2) is 13.0. The van der Waals surface area contributed by atoms with E-state index in [1.54, 1.807) is 0 Å². The van der Waals surface area contributed by atoms with Gasteiger partial charge in [-0.25, -0.2) is 0 Å². The average Bonchev–Trinajstić information content (AvgIpc) is 2.69. The molecule has 28 heavy (non-hydrogen) atoms. The van der Waals surface area contributed by atoms with Crippen LogP contribution in [0.15, 0.2) is 12.2 Å². The van der Waals surface area contributed by atoms with Gasteiger partial charge in [0.2, 0.25) is 0 Å². The van der Waals surface area contributed by atoms with Crippen molar-refractivity contribution in [3.63, 3.8) is 0 Å². The summed E-state index contributed by atoms with van der Waals surface area (Å²) in [6, 6.07) is 0. The molecule has 0 aromatic heterocycles. The van der Waals surface area contributed by atoms with Crippen molar-refractivity contribution in [2.75, 3.05) is 6.61 Å². The first-order chi connectivity index (χ1) is 13.5. The summed E-state index contributed by atoms with van der Waals surface area (Å²) >= 11 is 0. The van der Waals surface area contributed by atoms with E-state index in [4.69, 9.17) is 4.74 Å². The Morgan fingerprint density at radius 2 is 1.39 bits per heavy atom. The van der Waals surface area contributed by atoms with E-state index in [1.807, 2.05) is 0 Å². The molecule has 0 bridgehead atoms. The molecule has 0 saturated heterocycles. The van der Waals surface area contributed by atoms with Crippen LogP contribution in [0.4, 0.5) is 8.78 Å². The second-order valence-electron chi connectivity index (χ2n) is 9.57. The monoisotopic (exact) mass is 398 g/mol. The second-order valence-corrected chi connectivity index (χ2v) is 9.57. The number of hydrogen-bond acceptors (Lipinski definition) is 1. The molecule has 2 aliphatic carbocycles. The number of unbranched alkanes of at least 4 members (excludes halogenated alkanes) is 2. The van der Waals surface area contributed by atoms with Gasteiger partial charge in [-0.15, -0.1) is 0 Å². The first-order valence-corrected chi connectivity index (χ1v) is 12.1. The third-order valence-electron chi connectivity index (χ3n) is 7.18. The normalized spacial score (nSPS) is 29.4. The molecule has 0 aromatic rings. The fourth-order valence-electron chi connectivity index (χ4n) is 5.23. The van der Waals surface area contributed by atoms with Gasteiger partial charge in [0.15, 0.2) is 0 Å². The lowest BCUT2D eigenvalue weighted by Gasteiger charge is -2.32. The van der Waals surface area contributed by atoms with Gasteiger partial charge in [0.25, 0.3) is 0 Å². The quantitative estimate of drug-likeness (QED) is 0.236. The molecule has 0 heterocycles. The standard InChI is InChI=1S/C25H44F2O/c1-3-5-7-9-21-11-15-23(16-12-21)19-25(26,27)28-20-24-17-13-22(14-18-24)10-8-6-4-2/h3,5,21-24H,4,6-20H2,1-2H3/b5-3+. The van der Waals surface area contributed by atoms with E-state index in [2.05, 4.69) is 26.0 Å². The van der Waals surface area contributed by atoms with Gasteiger partial charge in [-0.2, -0.15) is 8.78 Å². The SMILES string of the molecule is C/C=C/CCC1CCC(CC(F)(F)OCC2CCC(CCCCC)CC2)CC1. The Bertz CT molecular complexity index is 418. The van der Waals surface area contributed by atoms with Crippen LogP contribution in [-0.2, 0) is 4.74 Å². The Labute approximate surface area is 172 Å². The van der Waals surface area contributed by atoms with E-state index in [1.165, 1.54) is 44.9 Å². The fraction of sp³-hybridized carbons (Fsp3) is 0.920. The molecule has 0 spiro atoms. The molecular formula is C25H44F2O. The number of hydrogen-bond donors (Lipinski definition) is 0.